The molecular formula is C18H23N3O2. The first kappa shape index (κ1) is 15.6. The summed E-state index contributed by atoms with van der Waals surface area (Å²) in [5, 5.41) is 0. The molecule has 0 spiro atoms. The first-order chi connectivity index (χ1) is 11.1. The molecule has 2 heterocycles. The van der Waals surface area contributed by atoms with Crippen LogP contribution in [0.3, 0.4) is 0 Å². The lowest BCUT2D eigenvalue weighted by Crippen LogP contribution is -2.29. The standard InChI is InChI=1S/C18H23N3O2/c1-14(2)17-11-21(13-19-17)16-8-9-20(10-16)18(22)23-12-15-6-4-3-5-7-15/h3-7,11,13-14,16H,8-10,12H2,1-2H3/t16-/m1/s1. The number of nitrogens with zero attached hydrogens (tertiary/aromatic N) is 3. The number of aromatic nitrogens is 2. The van der Waals surface area contributed by atoms with E-state index in [1.807, 2.05) is 36.7 Å². The monoisotopic (exact) mass is 313 g/mol. The van der Waals surface area contributed by atoms with Crippen molar-refractivity contribution in [3.8, 4) is 0 Å². The van der Waals surface area contributed by atoms with Crippen LogP contribution >= 0.6 is 0 Å². The molecule has 2 aromatic rings. The van der Waals surface area contributed by atoms with E-state index in [1.54, 1.807) is 4.90 Å². The van der Waals surface area contributed by atoms with E-state index in [1.165, 1.54) is 0 Å². The summed E-state index contributed by atoms with van der Waals surface area (Å²) in [5.41, 5.74) is 2.10. The smallest absolute Gasteiger partial charge is 0.410 e. The molecule has 1 amide bonds. The third-order valence-corrected chi connectivity index (χ3v) is 4.26. The molecule has 3 rings (SSSR count). The molecule has 1 aliphatic rings. The van der Waals surface area contributed by atoms with Gasteiger partial charge >= 0.3 is 6.09 Å². The molecule has 23 heavy (non-hydrogen) atoms. The first-order valence-corrected chi connectivity index (χ1v) is 8.12. The molecule has 122 valence electrons. The summed E-state index contributed by atoms with van der Waals surface area (Å²) in [6.45, 7) is 6.00. The van der Waals surface area contributed by atoms with Gasteiger partial charge in [0.15, 0.2) is 0 Å². The van der Waals surface area contributed by atoms with E-state index < -0.39 is 0 Å². The molecule has 0 bridgehead atoms. The Hall–Kier alpha value is -2.30. The molecule has 1 aromatic carbocycles. The Morgan fingerprint density at radius 1 is 1.35 bits per heavy atom. The van der Waals surface area contributed by atoms with Crippen LogP contribution in [-0.2, 0) is 11.3 Å². The maximum atomic E-state index is 12.2. The van der Waals surface area contributed by atoms with Crippen LogP contribution in [0.15, 0.2) is 42.9 Å². The van der Waals surface area contributed by atoms with E-state index in [0.717, 1.165) is 24.2 Å². The highest BCUT2D eigenvalue weighted by Gasteiger charge is 2.28. The molecule has 0 N–H and O–H groups in total. The number of amides is 1. The van der Waals surface area contributed by atoms with Gasteiger partial charge < -0.3 is 14.2 Å². The Balaban J connectivity index is 1.53. The van der Waals surface area contributed by atoms with Crippen LogP contribution in [0.4, 0.5) is 4.79 Å². The van der Waals surface area contributed by atoms with Gasteiger partial charge in [-0.05, 0) is 17.9 Å². The predicted octanol–water partition coefficient (Wildman–Crippen LogP) is 3.59. The molecule has 0 aliphatic carbocycles. The number of carbonyl (C=O) groups is 1. The fraction of sp³-hybridized carbons (Fsp3) is 0.444. The normalized spacial score (nSPS) is 17.7. The van der Waals surface area contributed by atoms with Gasteiger partial charge in [0.1, 0.15) is 6.61 Å². The van der Waals surface area contributed by atoms with Crippen molar-refractivity contribution in [1.29, 1.82) is 0 Å². The summed E-state index contributed by atoms with van der Waals surface area (Å²) in [5.74, 6) is 0.421. The zero-order valence-corrected chi connectivity index (χ0v) is 13.7. The maximum absolute atomic E-state index is 12.2. The van der Waals surface area contributed by atoms with Crippen LogP contribution in [0.25, 0.3) is 0 Å². The van der Waals surface area contributed by atoms with Gasteiger partial charge in [0.05, 0.1) is 18.1 Å². The molecule has 5 heteroatoms. The molecule has 1 aliphatic heterocycles. The quantitative estimate of drug-likeness (QED) is 0.866. The van der Waals surface area contributed by atoms with Gasteiger partial charge in [-0.2, -0.15) is 0 Å². The van der Waals surface area contributed by atoms with E-state index in [2.05, 4.69) is 29.6 Å². The lowest BCUT2D eigenvalue weighted by atomic mass is 10.1. The molecule has 1 aromatic heterocycles. The summed E-state index contributed by atoms with van der Waals surface area (Å²) < 4.78 is 7.53. The van der Waals surface area contributed by atoms with Crippen molar-refractivity contribution in [1.82, 2.24) is 14.5 Å². The predicted molar refractivity (Wildman–Crippen MR) is 88.2 cm³/mol. The molecule has 1 fully saturated rings. The fourth-order valence-electron chi connectivity index (χ4n) is 2.81. The minimum atomic E-state index is -0.236. The van der Waals surface area contributed by atoms with Crippen LogP contribution in [-0.4, -0.2) is 33.6 Å². The van der Waals surface area contributed by atoms with Gasteiger partial charge in [-0.1, -0.05) is 44.2 Å². The third kappa shape index (κ3) is 3.73. The molecule has 1 saturated heterocycles. The number of rotatable bonds is 4. The Labute approximate surface area is 136 Å². The number of ether oxygens (including phenoxy) is 1. The van der Waals surface area contributed by atoms with Crippen LogP contribution in [0, 0.1) is 0 Å². The maximum Gasteiger partial charge on any atom is 0.410 e. The van der Waals surface area contributed by atoms with Crippen molar-refractivity contribution in [3.05, 3.63) is 54.1 Å². The van der Waals surface area contributed by atoms with Crippen LogP contribution in [0.5, 0.6) is 0 Å². The van der Waals surface area contributed by atoms with Gasteiger partial charge in [-0.15, -0.1) is 0 Å². The van der Waals surface area contributed by atoms with Crippen molar-refractivity contribution in [2.75, 3.05) is 13.1 Å². The summed E-state index contributed by atoms with van der Waals surface area (Å²) in [4.78, 5) is 18.4. The minimum absolute atomic E-state index is 0.236. The second-order valence-corrected chi connectivity index (χ2v) is 6.33. The number of hydrogen-bond acceptors (Lipinski definition) is 3. The molecular weight excluding hydrogens is 290 g/mol. The summed E-state index contributed by atoms with van der Waals surface area (Å²) in [6.07, 6.45) is 4.67. The topological polar surface area (TPSA) is 47.4 Å². The van der Waals surface area contributed by atoms with Gasteiger partial charge in [0.25, 0.3) is 0 Å². The molecule has 1 atom stereocenters. The van der Waals surface area contributed by atoms with Crippen molar-refractivity contribution in [2.24, 2.45) is 0 Å². The van der Waals surface area contributed by atoms with E-state index in [-0.39, 0.29) is 6.09 Å². The van der Waals surface area contributed by atoms with Gasteiger partial charge in [-0.25, -0.2) is 9.78 Å². The summed E-state index contributed by atoms with van der Waals surface area (Å²) in [6, 6.07) is 10.0. The number of likely N-dealkylation sites (tertiary alicyclic amines) is 1. The number of hydrogen-bond donors (Lipinski definition) is 0. The average molecular weight is 313 g/mol. The lowest BCUT2D eigenvalue weighted by Gasteiger charge is -2.17. The van der Waals surface area contributed by atoms with E-state index in [0.29, 0.717) is 25.1 Å². The van der Waals surface area contributed by atoms with Gasteiger partial charge in [0.2, 0.25) is 0 Å². The zero-order chi connectivity index (χ0) is 16.2. The average Bonchev–Trinajstić information content (AvgIpc) is 3.22. The first-order valence-electron chi connectivity index (χ1n) is 8.12. The highest BCUT2D eigenvalue weighted by molar-refractivity contribution is 5.68. The number of carbonyl (C=O) groups excluding carboxylic acids is 1. The van der Waals surface area contributed by atoms with E-state index >= 15 is 0 Å². The van der Waals surface area contributed by atoms with Crippen molar-refractivity contribution in [3.63, 3.8) is 0 Å². The Bertz CT molecular complexity index is 651. The SMILES string of the molecule is CC(C)c1cn([C@@H]2CCN(C(=O)OCc3ccccc3)C2)cn1. The van der Waals surface area contributed by atoms with Crippen molar-refractivity contribution >= 4 is 6.09 Å². The molecule has 5 nitrogen and oxygen atoms in total. The second-order valence-electron chi connectivity index (χ2n) is 6.33. The second kappa shape index (κ2) is 6.86. The largest absolute Gasteiger partial charge is 0.445 e. The molecule has 0 unspecified atom stereocenters. The Morgan fingerprint density at radius 3 is 2.83 bits per heavy atom. The fourth-order valence-corrected chi connectivity index (χ4v) is 2.81. The van der Waals surface area contributed by atoms with E-state index in [4.69, 9.17) is 4.74 Å². The summed E-state index contributed by atoms with van der Waals surface area (Å²) >= 11 is 0. The minimum Gasteiger partial charge on any atom is -0.445 e. The van der Waals surface area contributed by atoms with Gasteiger partial charge in [0, 0.05) is 19.3 Å². The van der Waals surface area contributed by atoms with E-state index in [9.17, 15) is 4.79 Å². The van der Waals surface area contributed by atoms with Crippen LogP contribution < -0.4 is 0 Å². The Kier molecular flexibility index (Phi) is 4.65. The zero-order valence-electron chi connectivity index (χ0n) is 13.7. The lowest BCUT2D eigenvalue weighted by molar-refractivity contribution is 0.103. The van der Waals surface area contributed by atoms with Crippen molar-refractivity contribution in [2.45, 2.75) is 38.8 Å². The van der Waals surface area contributed by atoms with Crippen molar-refractivity contribution < 1.29 is 9.53 Å². The number of imidazole rings is 1. The Morgan fingerprint density at radius 2 is 2.13 bits per heavy atom. The van der Waals surface area contributed by atoms with Crippen LogP contribution in [0.2, 0.25) is 0 Å². The van der Waals surface area contributed by atoms with Crippen LogP contribution in [0.1, 0.15) is 43.5 Å². The third-order valence-electron chi connectivity index (χ3n) is 4.26. The van der Waals surface area contributed by atoms with Gasteiger partial charge in [-0.3, -0.25) is 0 Å². The molecule has 0 saturated carbocycles. The highest BCUT2D eigenvalue weighted by Crippen LogP contribution is 2.24. The summed E-state index contributed by atoms with van der Waals surface area (Å²) in [7, 11) is 0. The molecule has 0 radical (unpaired) electrons. The highest BCUT2D eigenvalue weighted by atomic mass is 16.6. The number of benzene rings is 1.